The van der Waals surface area contributed by atoms with Crippen molar-refractivity contribution < 1.29 is 20.1 Å². The minimum absolute atomic E-state index is 0.0379. The van der Waals surface area contributed by atoms with Crippen LogP contribution < -0.4 is 0 Å². The van der Waals surface area contributed by atoms with E-state index in [9.17, 15) is 5.11 Å². The summed E-state index contributed by atoms with van der Waals surface area (Å²) in [6, 6.07) is 0. The molecule has 0 amide bonds. The van der Waals surface area contributed by atoms with Crippen LogP contribution in [0.5, 0.6) is 0 Å². The maximum Gasteiger partial charge on any atom is 0.0900 e. The van der Waals surface area contributed by atoms with Crippen molar-refractivity contribution >= 4 is 0 Å². The van der Waals surface area contributed by atoms with E-state index in [4.69, 9.17) is 14.9 Å². The van der Waals surface area contributed by atoms with E-state index >= 15 is 0 Å². The third-order valence-corrected chi connectivity index (χ3v) is 3.38. The van der Waals surface area contributed by atoms with Gasteiger partial charge in [0.05, 0.1) is 32.0 Å². The Bertz CT molecular complexity index is 191. The van der Waals surface area contributed by atoms with Gasteiger partial charge >= 0.3 is 0 Å². The van der Waals surface area contributed by atoms with E-state index in [-0.39, 0.29) is 13.2 Å². The van der Waals surface area contributed by atoms with Crippen LogP contribution in [0.3, 0.4) is 0 Å². The molecule has 3 N–H and O–H groups in total. The Balaban J connectivity index is 2.15. The molecule has 1 aliphatic rings. The van der Waals surface area contributed by atoms with Crippen molar-refractivity contribution in [3.05, 3.63) is 0 Å². The molecule has 1 atom stereocenters. The SMILES string of the molecule is OCCN(CCO)C[C@H](O)COC1CCCCC1. The summed E-state index contributed by atoms with van der Waals surface area (Å²) in [6.45, 7) is 1.81. The molecule has 0 aliphatic heterocycles. The lowest BCUT2D eigenvalue weighted by molar-refractivity contribution is -0.0352. The van der Waals surface area contributed by atoms with E-state index in [2.05, 4.69) is 0 Å². The van der Waals surface area contributed by atoms with Gasteiger partial charge in [-0.05, 0) is 12.8 Å². The highest BCUT2D eigenvalue weighted by molar-refractivity contribution is 4.68. The van der Waals surface area contributed by atoms with Gasteiger partial charge in [-0.15, -0.1) is 0 Å². The molecular weight excluding hydrogens is 234 g/mol. The molecule has 0 heterocycles. The van der Waals surface area contributed by atoms with Crippen LogP contribution in [-0.4, -0.2) is 71.9 Å². The van der Waals surface area contributed by atoms with Crippen molar-refractivity contribution in [2.24, 2.45) is 0 Å². The summed E-state index contributed by atoms with van der Waals surface area (Å²) >= 11 is 0. The monoisotopic (exact) mass is 261 g/mol. The summed E-state index contributed by atoms with van der Waals surface area (Å²) in [5, 5.41) is 27.6. The molecule has 0 spiro atoms. The van der Waals surface area contributed by atoms with Crippen LogP contribution >= 0.6 is 0 Å². The molecule has 5 heteroatoms. The Morgan fingerprint density at radius 3 is 2.22 bits per heavy atom. The minimum atomic E-state index is -0.551. The predicted octanol–water partition coefficient (Wildman–Crippen LogP) is -0.0168. The van der Waals surface area contributed by atoms with Crippen molar-refractivity contribution in [1.82, 2.24) is 4.90 Å². The highest BCUT2D eigenvalue weighted by atomic mass is 16.5. The molecule has 0 radical (unpaired) electrons. The lowest BCUT2D eigenvalue weighted by atomic mass is 9.98. The Labute approximate surface area is 109 Å². The van der Waals surface area contributed by atoms with E-state index in [1.807, 2.05) is 4.90 Å². The van der Waals surface area contributed by atoms with Crippen LogP contribution in [0.25, 0.3) is 0 Å². The lowest BCUT2D eigenvalue weighted by Gasteiger charge is -2.26. The fourth-order valence-corrected chi connectivity index (χ4v) is 2.41. The smallest absolute Gasteiger partial charge is 0.0900 e. The van der Waals surface area contributed by atoms with E-state index in [1.165, 1.54) is 19.3 Å². The third-order valence-electron chi connectivity index (χ3n) is 3.38. The highest BCUT2D eigenvalue weighted by Crippen LogP contribution is 2.20. The Kier molecular flexibility index (Phi) is 8.54. The summed E-state index contributed by atoms with van der Waals surface area (Å²) in [5.41, 5.74) is 0. The number of rotatable bonds is 9. The van der Waals surface area contributed by atoms with Crippen LogP contribution in [0.1, 0.15) is 32.1 Å². The van der Waals surface area contributed by atoms with Crippen molar-refractivity contribution in [3.63, 3.8) is 0 Å². The van der Waals surface area contributed by atoms with Gasteiger partial charge in [0, 0.05) is 19.6 Å². The number of ether oxygens (including phenoxy) is 1. The quantitative estimate of drug-likeness (QED) is 0.544. The molecule has 0 unspecified atom stereocenters. The first kappa shape index (κ1) is 15.9. The second kappa shape index (κ2) is 9.69. The van der Waals surface area contributed by atoms with Crippen LogP contribution in [0.4, 0.5) is 0 Å². The largest absolute Gasteiger partial charge is 0.395 e. The molecule has 0 aromatic carbocycles. The Morgan fingerprint density at radius 1 is 1.06 bits per heavy atom. The van der Waals surface area contributed by atoms with E-state index in [0.29, 0.717) is 32.3 Å². The number of hydrogen-bond donors (Lipinski definition) is 3. The Hall–Kier alpha value is -0.200. The van der Waals surface area contributed by atoms with Crippen LogP contribution in [0.15, 0.2) is 0 Å². The standard InChI is InChI=1S/C13H27NO4/c15-8-6-14(7-9-16)10-12(17)11-18-13-4-2-1-3-5-13/h12-13,15-17H,1-11H2/t12-/m0/s1. The van der Waals surface area contributed by atoms with Crippen molar-refractivity contribution in [1.29, 1.82) is 0 Å². The average Bonchev–Trinajstić information content (AvgIpc) is 2.38. The fourth-order valence-electron chi connectivity index (χ4n) is 2.41. The molecule has 1 rings (SSSR count). The predicted molar refractivity (Wildman–Crippen MR) is 69.4 cm³/mol. The zero-order chi connectivity index (χ0) is 13.2. The van der Waals surface area contributed by atoms with E-state index < -0.39 is 6.10 Å². The first-order valence-corrected chi connectivity index (χ1v) is 7.00. The number of aliphatic hydroxyl groups excluding tert-OH is 3. The average molecular weight is 261 g/mol. The zero-order valence-corrected chi connectivity index (χ0v) is 11.1. The highest BCUT2D eigenvalue weighted by Gasteiger charge is 2.17. The van der Waals surface area contributed by atoms with Gasteiger partial charge in [-0.3, -0.25) is 4.90 Å². The molecule has 1 aliphatic carbocycles. The second-order valence-corrected chi connectivity index (χ2v) is 4.99. The lowest BCUT2D eigenvalue weighted by Crippen LogP contribution is -2.39. The maximum atomic E-state index is 9.87. The van der Waals surface area contributed by atoms with Gasteiger partial charge in [0.25, 0.3) is 0 Å². The number of aliphatic hydroxyl groups is 3. The molecule has 1 saturated carbocycles. The van der Waals surface area contributed by atoms with Crippen LogP contribution in [0, 0.1) is 0 Å². The van der Waals surface area contributed by atoms with Gasteiger partial charge in [-0.25, -0.2) is 0 Å². The van der Waals surface area contributed by atoms with Gasteiger partial charge in [-0.2, -0.15) is 0 Å². The molecule has 1 fully saturated rings. The molecule has 0 aromatic heterocycles. The van der Waals surface area contributed by atoms with Gasteiger partial charge in [0.15, 0.2) is 0 Å². The van der Waals surface area contributed by atoms with Crippen molar-refractivity contribution in [2.75, 3.05) is 39.5 Å². The molecule has 0 bridgehead atoms. The van der Waals surface area contributed by atoms with Crippen molar-refractivity contribution in [3.8, 4) is 0 Å². The number of hydrogen-bond acceptors (Lipinski definition) is 5. The minimum Gasteiger partial charge on any atom is -0.395 e. The summed E-state index contributed by atoms with van der Waals surface area (Å²) in [4.78, 5) is 1.84. The maximum absolute atomic E-state index is 9.87. The Morgan fingerprint density at radius 2 is 1.67 bits per heavy atom. The van der Waals surface area contributed by atoms with E-state index in [1.54, 1.807) is 0 Å². The normalized spacial score (nSPS) is 19.3. The van der Waals surface area contributed by atoms with E-state index in [0.717, 1.165) is 12.8 Å². The van der Waals surface area contributed by atoms with Crippen LogP contribution in [0.2, 0.25) is 0 Å². The van der Waals surface area contributed by atoms with Gasteiger partial charge in [0.1, 0.15) is 0 Å². The summed E-state index contributed by atoms with van der Waals surface area (Å²) in [7, 11) is 0. The number of nitrogens with zero attached hydrogens (tertiary/aromatic N) is 1. The first-order chi connectivity index (χ1) is 8.76. The van der Waals surface area contributed by atoms with Gasteiger partial charge in [0.2, 0.25) is 0 Å². The third kappa shape index (κ3) is 6.66. The molecule has 18 heavy (non-hydrogen) atoms. The summed E-state index contributed by atoms with van der Waals surface area (Å²) in [5.74, 6) is 0. The van der Waals surface area contributed by atoms with Crippen molar-refractivity contribution in [2.45, 2.75) is 44.3 Å². The summed E-state index contributed by atoms with van der Waals surface area (Å²) in [6.07, 6.45) is 5.70. The molecule has 5 nitrogen and oxygen atoms in total. The molecule has 0 aromatic rings. The van der Waals surface area contributed by atoms with Crippen LogP contribution in [-0.2, 0) is 4.74 Å². The molecular formula is C13H27NO4. The topological polar surface area (TPSA) is 73.2 Å². The fraction of sp³-hybridized carbons (Fsp3) is 1.00. The molecule has 0 saturated heterocycles. The van der Waals surface area contributed by atoms with Gasteiger partial charge < -0.3 is 20.1 Å². The zero-order valence-electron chi connectivity index (χ0n) is 11.1. The molecule has 108 valence electrons. The second-order valence-electron chi connectivity index (χ2n) is 4.99. The first-order valence-electron chi connectivity index (χ1n) is 7.00. The summed E-state index contributed by atoms with van der Waals surface area (Å²) < 4.78 is 5.70. The van der Waals surface area contributed by atoms with Gasteiger partial charge in [-0.1, -0.05) is 19.3 Å².